The number of hydrazine groups is 1. The van der Waals surface area contributed by atoms with Crippen LogP contribution < -0.4 is 14.8 Å². The summed E-state index contributed by atoms with van der Waals surface area (Å²) in [6, 6.07) is 14.1. The van der Waals surface area contributed by atoms with E-state index in [1.165, 1.54) is 0 Å². The van der Waals surface area contributed by atoms with Crippen LogP contribution in [0.15, 0.2) is 48.5 Å². The molecule has 10 nitrogen and oxygen atoms in total. The highest BCUT2D eigenvalue weighted by Crippen LogP contribution is 2.29. The first-order valence-electron chi connectivity index (χ1n) is 12.5. The predicted octanol–water partition coefficient (Wildman–Crippen LogP) is 2.44. The van der Waals surface area contributed by atoms with Crippen LogP contribution >= 0.6 is 0 Å². The van der Waals surface area contributed by atoms with Crippen molar-refractivity contribution in [2.24, 2.45) is 0 Å². The number of likely N-dealkylation sites (N-methyl/N-ethyl adjacent to an activating group) is 1. The van der Waals surface area contributed by atoms with Crippen LogP contribution in [0.1, 0.15) is 30.9 Å². The fraction of sp³-hybridized carbons (Fsp3) is 0.444. The maximum Gasteiger partial charge on any atom is 0.334 e. The molecule has 0 saturated carbocycles. The van der Waals surface area contributed by atoms with Crippen LogP contribution in [0.5, 0.6) is 11.5 Å². The molecule has 198 valence electrons. The topological polar surface area (TPSA) is 94.7 Å². The zero-order chi connectivity index (χ0) is 26.5. The van der Waals surface area contributed by atoms with Gasteiger partial charge in [-0.3, -0.25) is 9.59 Å². The van der Waals surface area contributed by atoms with Gasteiger partial charge in [0.05, 0.1) is 27.3 Å². The van der Waals surface area contributed by atoms with Gasteiger partial charge in [-0.2, -0.15) is 0 Å². The molecule has 0 aromatic heterocycles. The molecule has 2 fully saturated rings. The fourth-order valence-corrected chi connectivity index (χ4v) is 4.95. The van der Waals surface area contributed by atoms with Crippen LogP contribution in [0.4, 0.5) is 4.79 Å². The molecule has 0 radical (unpaired) electrons. The molecule has 2 aliphatic rings. The highest BCUT2D eigenvalue weighted by molar-refractivity contribution is 5.91. The number of carbonyl (C=O) groups excluding carboxylic acids is 3. The normalized spacial score (nSPS) is 20.1. The minimum absolute atomic E-state index is 0.0262. The molecule has 1 N–H and O–H groups in total. The third-order valence-corrected chi connectivity index (χ3v) is 6.84. The summed E-state index contributed by atoms with van der Waals surface area (Å²) in [5.74, 6) is 1.24. The summed E-state index contributed by atoms with van der Waals surface area (Å²) in [7, 11) is 4.94. The predicted molar refractivity (Wildman–Crippen MR) is 137 cm³/mol. The molecule has 4 amide bonds. The monoisotopic (exact) mass is 509 g/mol. The van der Waals surface area contributed by atoms with Crippen molar-refractivity contribution in [1.82, 2.24) is 25.1 Å². The summed E-state index contributed by atoms with van der Waals surface area (Å²) < 4.78 is 10.4. The molecular formula is C27H35N5O5. The molecule has 10 heteroatoms. The minimum Gasteiger partial charge on any atom is -0.497 e. The second kappa shape index (κ2) is 11.5. The van der Waals surface area contributed by atoms with Crippen molar-refractivity contribution >= 4 is 17.8 Å². The SMILES string of the molecule is CCC[C@H]1C(=O)N(Cc2ccc(OC)cc2)C[C@H]2N1C(=O)CN(C)N2C(=O)NCc1ccc(OC)cc1. The van der Waals surface area contributed by atoms with Gasteiger partial charge in [0, 0.05) is 20.1 Å². The molecular weight excluding hydrogens is 474 g/mol. The highest BCUT2D eigenvalue weighted by Gasteiger charge is 2.50. The minimum atomic E-state index is -0.611. The number of ether oxygens (including phenoxy) is 2. The van der Waals surface area contributed by atoms with Gasteiger partial charge in [0.25, 0.3) is 0 Å². The van der Waals surface area contributed by atoms with Gasteiger partial charge in [-0.05, 0) is 41.8 Å². The average Bonchev–Trinajstić information content (AvgIpc) is 2.90. The Morgan fingerprint density at radius 1 is 0.973 bits per heavy atom. The van der Waals surface area contributed by atoms with Crippen LogP contribution in [0.3, 0.4) is 0 Å². The lowest BCUT2D eigenvalue weighted by Crippen LogP contribution is -2.75. The van der Waals surface area contributed by atoms with Gasteiger partial charge in [-0.15, -0.1) is 0 Å². The number of urea groups is 1. The number of benzene rings is 2. The van der Waals surface area contributed by atoms with E-state index in [-0.39, 0.29) is 30.9 Å². The number of methoxy groups -OCH3 is 2. The summed E-state index contributed by atoms with van der Waals surface area (Å²) in [4.78, 5) is 43.5. The molecule has 2 aromatic rings. The number of carbonyl (C=O) groups is 3. The van der Waals surface area contributed by atoms with E-state index >= 15 is 0 Å². The van der Waals surface area contributed by atoms with Crippen molar-refractivity contribution in [2.75, 3.05) is 34.4 Å². The van der Waals surface area contributed by atoms with Crippen LogP contribution in [-0.2, 0) is 22.7 Å². The summed E-state index contributed by atoms with van der Waals surface area (Å²) in [5.41, 5.74) is 1.87. The molecule has 2 aliphatic heterocycles. The van der Waals surface area contributed by atoms with Gasteiger partial charge in [0.1, 0.15) is 23.7 Å². The number of piperazine rings is 1. The summed E-state index contributed by atoms with van der Waals surface area (Å²) in [6.07, 6.45) is 0.670. The molecule has 2 saturated heterocycles. The van der Waals surface area contributed by atoms with Crippen LogP contribution in [0.25, 0.3) is 0 Å². The summed E-state index contributed by atoms with van der Waals surface area (Å²) in [5, 5.41) is 6.18. The highest BCUT2D eigenvalue weighted by atomic mass is 16.5. The second-order valence-electron chi connectivity index (χ2n) is 9.32. The molecule has 0 spiro atoms. The molecule has 4 rings (SSSR count). The number of hydrogen-bond acceptors (Lipinski definition) is 6. The quantitative estimate of drug-likeness (QED) is 0.588. The van der Waals surface area contributed by atoms with Crippen molar-refractivity contribution in [1.29, 1.82) is 0 Å². The van der Waals surface area contributed by atoms with Gasteiger partial charge in [0.2, 0.25) is 11.8 Å². The lowest BCUT2D eigenvalue weighted by molar-refractivity contribution is -0.188. The van der Waals surface area contributed by atoms with E-state index < -0.39 is 12.2 Å². The summed E-state index contributed by atoms with van der Waals surface area (Å²) >= 11 is 0. The van der Waals surface area contributed by atoms with E-state index in [1.807, 2.05) is 55.5 Å². The van der Waals surface area contributed by atoms with Gasteiger partial charge in [-0.25, -0.2) is 14.8 Å². The van der Waals surface area contributed by atoms with Crippen LogP contribution in [-0.4, -0.2) is 84.2 Å². The second-order valence-corrected chi connectivity index (χ2v) is 9.32. The number of nitrogens with one attached hydrogen (secondary N) is 1. The Hall–Kier alpha value is -3.79. The van der Waals surface area contributed by atoms with E-state index in [4.69, 9.17) is 9.47 Å². The molecule has 37 heavy (non-hydrogen) atoms. The fourth-order valence-electron chi connectivity index (χ4n) is 4.95. The first kappa shape index (κ1) is 26.3. The Kier molecular flexibility index (Phi) is 8.17. The Bertz CT molecular complexity index is 1110. The average molecular weight is 510 g/mol. The molecule has 0 unspecified atom stereocenters. The zero-order valence-corrected chi connectivity index (χ0v) is 21.8. The zero-order valence-electron chi connectivity index (χ0n) is 21.8. The maximum atomic E-state index is 13.5. The number of fused-ring (bicyclic) bond motifs is 1. The molecule has 0 bridgehead atoms. The first-order chi connectivity index (χ1) is 17.9. The van der Waals surface area contributed by atoms with Gasteiger partial charge in [-0.1, -0.05) is 37.6 Å². The smallest absolute Gasteiger partial charge is 0.334 e. The van der Waals surface area contributed by atoms with Crippen LogP contribution in [0.2, 0.25) is 0 Å². The molecule has 0 aliphatic carbocycles. The lowest BCUT2D eigenvalue weighted by atomic mass is 10.0. The van der Waals surface area contributed by atoms with E-state index in [9.17, 15) is 14.4 Å². The standard InChI is InChI=1S/C27H35N5O5/c1-5-6-23-26(34)30(16-20-9-13-22(37-4)14-10-20)17-24-31(23)25(33)18-29(2)32(24)27(35)28-15-19-7-11-21(36-3)12-8-19/h7-14,23-24H,5-6,15-18H2,1-4H3,(H,28,35)/t23-,24-/m0/s1. The Labute approximate surface area is 217 Å². The van der Waals surface area contributed by atoms with Crippen LogP contribution in [0, 0.1) is 0 Å². The molecule has 2 heterocycles. The molecule has 2 atom stereocenters. The van der Waals surface area contributed by atoms with Crippen molar-refractivity contribution in [3.05, 3.63) is 59.7 Å². The van der Waals surface area contributed by atoms with E-state index in [2.05, 4.69) is 5.32 Å². The first-order valence-corrected chi connectivity index (χ1v) is 12.5. The van der Waals surface area contributed by atoms with Gasteiger partial charge >= 0.3 is 6.03 Å². The largest absolute Gasteiger partial charge is 0.497 e. The third-order valence-electron chi connectivity index (χ3n) is 6.84. The van der Waals surface area contributed by atoms with E-state index in [0.717, 1.165) is 29.0 Å². The third kappa shape index (κ3) is 5.64. The van der Waals surface area contributed by atoms with Gasteiger partial charge < -0.3 is 24.6 Å². The van der Waals surface area contributed by atoms with Gasteiger partial charge in [0.15, 0.2) is 0 Å². The van der Waals surface area contributed by atoms with Crippen molar-refractivity contribution in [3.8, 4) is 11.5 Å². The Morgan fingerprint density at radius 2 is 1.57 bits per heavy atom. The summed E-state index contributed by atoms with van der Waals surface area (Å²) in [6.45, 7) is 2.94. The van der Waals surface area contributed by atoms with E-state index in [1.54, 1.807) is 41.1 Å². The number of nitrogens with zero attached hydrogens (tertiary/aromatic N) is 4. The number of rotatable bonds is 8. The number of hydrogen-bond donors (Lipinski definition) is 1. The van der Waals surface area contributed by atoms with Crippen molar-refractivity contribution in [2.45, 2.75) is 45.1 Å². The van der Waals surface area contributed by atoms with E-state index in [0.29, 0.717) is 19.5 Å². The Morgan fingerprint density at radius 3 is 2.14 bits per heavy atom. The lowest BCUT2D eigenvalue weighted by Gasteiger charge is -2.54. The van der Waals surface area contributed by atoms with Crippen molar-refractivity contribution < 1.29 is 23.9 Å². The molecule has 2 aromatic carbocycles. The Balaban J connectivity index is 1.55. The maximum absolute atomic E-state index is 13.5. The number of amides is 4. The van der Waals surface area contributed by atoms with Crippen molar-refractivity contribution in [3.63, 3.8) is 0 Å².